The molecule has 0 N–H and O–H groups in total. The fourth-order valence-electron chi connectivity index (χ4n) is 1.99. The van der Waals surface area contributed by atoms with Gasteiger partial charge in [0.2, 0.25) is 0 Å². The van der Waals surface area contributed by atoms with Gasteiger partial charge in [-0.05, 0) is 43.7 Å². The minimum absolute atomic E-state index is 0.614. The topological polar surface area (TPSA) is 17.3 Å². The molecule has 86 valence electrons. The number of hydrogen-bond donors (Lipinski definition) is 0. The maximum Gasteiger partial charge on any atom is 0.0363 e. The largest absolute Gasteiger partial charge is 0.354 e. The molecule has 1 aromatic heterocycles. The van der Waals surface area contributed by atoms with Crippen LogP contribution in [0, 0.1) is 12.8 Å². The molecule has 0 radical (unpaired) electrons. The highest BCUT2D eigenvalue weighted by molar-refractivity contribution is 5.63. The SMILES string of the molecule is Cc1cc(CCC2=CCC(C)C=N2)cn1C. The summed E-state index contributed by atoms with van der Waals surface area (Å²) in [4.78, 5) is 4.48. The predicted molar refractivity (Wildman–Crippen MR) is 68.8 cm³/mol. The fourth-order valence-corrected chi connectivity index (χ4v) is 1.99. The average Bonchev–Trinajstić information content (AvgIpc) is 2.58. The van der Waals surface area contributed by atoms with Crippen LogP contribution in [0.4, 0.5) is 0 Å². The van der Waals surface area contributed by atoms with Crippen molar-refractivity contribution in [1.29, 1.82) is 0 Å². The van der Waals surface area contributed by atoms with E-state index in [2.05, 4.69) is 55.0 Å². The Bertz CT molecular complexity index is 404. The maximum atomic E-state index is 4.48. The van der Waals surface area contributed by atoms with Crippen molar-refractivity contribution in [2.24, 2.45) is 18.0 Å². The second kappa shape index (κ2) is 4.69. The molecule has 0 saturated carbocycles. The van der Waals surface area contributed by atoms with Gasteiger partial charge in [0.05, 0.1) is 0 Å². The van der Waals surface area contributed by atoms with Crippen LogP contribution in [-0.2, 0) is 13.5 Å². The quantitative estimate of drug-likeness (QED) is 0.738. The van der Waals surface area contributed by atoms with Crippen LogP contribution in [0.15, 0.2) is 29.0 Å². The maximum absolute atomic E-state index is 4.48. The van der Waals surface area contributed by atoms with Crippen molar-refractivity contribution in [3.05, 3.63) is 35.3 Å². The number of nitrogens with zero attached hydrogens (tertiary/aromatic N) is 2. The van der Waals surface area contributed by atoms with Crippen molar-refractivity contribution in [3.63, 3.8) is 0 Å². The second-order valence-corrected chi connectivity index (χ2v) is 4.79. The van der Waals surface area contributed by atoms with Crippen LogP contribution < -0.4 is 0 Å². The van der Waals surface area contributed by atoms with Crippen molar-refractivity contribution in [2.75, 3.05) is 0 Å². The van der Waals surface area contributed by atoms with Gasteiger partial charge in [0, 0.05) is 30.9 Å². The molecule has 0 spiro atoms. The van der Waals surface area contributed by atoms with E-state index in [-0.39, 0.29) is 0 Å². The lowest BCUT2D eigenvalue weighted by Crippen LogP contribution is -2.00. The normalized spacial score (nSPS) is 19.9. The van der Waals surface area contributed by atoms with Crippen molar-refractivity contribution in [3.8, 4) is 0 Å². The number of aryl methyl sites for hydroxylation is 3. The first kappa shape index (κ1) is 11.2. The Morgan fingerprint density at radius 2 is 2.25 bits per heavy atom. The number of allylic oxidation sites excluding steroid dienone is 2. The molecule has 2 heteroatoms. The molecule has 2 nitrogen and oxygen atoms in total. The van der Waals surface area contributed by atoms with Gasteiger partial charge in [-0.15, -0.1) is 0 Å². The third-order valence-electron chi connectivity index (χ3n) is 3.20. The minimum Gasteiger partial charge on any atom is -0.354 e. The number of rotatable bonds is 3. The summed E-state index contributed by atoms with van der Waals surface area (Å²) >= 11 is 0. The highest BCUT2D eigenvalue weighted by atomic mass is 14.9. The van der Waals surface area contributed by atoms with E-state index in [1.54, 1.807) is 0 Å². The molecule has 2 heterocycles. The molecule has 1 unspecified atom stereocenters. The molecule has 0 fully saturated rings. The summed E-state index contributed by atoms with van der Waals surface area (Å²) in [5.74, 6) is 0.614. The van der Waals surface area contributed by atoms with Gasteiger partial charge in [0.25, 0.3) is 0 Å². The van der Waals surface area contributed by atoms with Gasteiger partial charge >= 0.3 is 0 Å². The van der Waals surface area contributed by atoms with Gasteiger partial charge in [-0.1, -0.05) is 13.0 Å². The highest BCUT2D eigenvalue weighted by Crippen LogP contribution is 2.17. The van der Waals surface area contributed by atoms with Gasteiger partial charge in [0.15, 0.2) is 0 Å². The third kappa shape index (κ3) is 2.63. The van der Waals surface area contributed by atoms with Crippen LogP contribution >= 0.6 is 0 Å². The van der Waals surface area contributed by atoms with E-state index in [0.717, 1.165) is 19.3 Å². The molecular weight excluding hydrogens is 196 g/mol. The molecule has 1 aliphatic rings. The molecule has 1 aromatic rings. The second-order valence-electron chi connectivity index (χ2n) is 4.79. The average molecular weight is 216 g/mol. The molecule has 1 aliphatic heterocycles. The molecule has 0 bridgehead atoms. The molecule has 16 heavy (non-hydrogen) atoms. The highest BCUT2D eigenvalue weighted by Gasteiger charge is 2.06. The molecule has 0 amide bonds. The molecule has 0 saturated heterocycles. The Morgan fingerprint density at radius 3 is 2.81 bits per heavy atom. The van der Waals surface area contributed by atoms with E-state index in [4.69, 9.17) is 0 Å². The zero-order valence-corrected chi connectivity index (χ0v) is 10.4. The Hall–Kier alpha value is -1.31. The summed E-state index contributed by atoms with van der Waals surface area (Å²) in [6.45, 7) is 4.35. The Morgan fingerprint density at radius 1 is 1.44 bits per heavy atom. The number of aromatic nitrogens is 1. The summed E-state index contributed by atoms with van der Waals surface area (Å²) in [5, 5.41) is 0. The van der Waals surface area contributed by atoms with Crippen molar-refractivity contribution in [1.82, 2.24) is 4.57 Å². The third-order valence-corrected chi connectivity index (χ3v) is 3.20. The van der Waals surface area contributed by atoms with Crippen LogP contribution in [0.2, 0.25) is 0 Å². The monoisotopic (exact) mass is 216 g/mol. The Labute approximate surface area is 97.7 Å². The molecule has 0 aromatic carbocycles. The fraction of sp³-hybridized carbons (Fsp3) is 0.500. The van der Waals surface area contributed by atoms with E-state index >= 15 is 0 Å². The van der Waals surface area contributed by atoms with E-state index < -0.39 is 0 Å². The van der Waals surface area contributed by atoms with Crippen LogP contribution in [0.1, 0.15) is 31.0 Å². The van der Waals surface area contributed by atoms with E-state index in [9.17, 15) is 0 Å². The summed E-state index contributed by atoms with van der Waals surface area (Å²) in [6.07, 6.45) is 9.87. The van der Waals surface area contributed by atoms with Crippen LogP contribution in [0.5, 0.6) is 0 Å². The Balaban J connectivity index is 1.91. The molecule has 1 atom stereocenters. The minimum atomic E-state index is 0.614. The van der Waals surface area contributed by atoms with Crippen molar-refractivity contribution < 1.29 is 0 Å². The smallest absolute Gasteiger partial charge is 0.0363 e. The van der Waals surface area contributed by atoms with Crippen LogP contribution in [-0.4, -0.2) is 10.8 Å². The van der Waals surface area contributed by atoms with Crippen molar-refractivity contribution >= 4 is 6.21 Å². The summed E-state index contributed by atoms with van der Waals surface area (Å²) in [7, 11) is 2.10. The van der Waals surface area contributed by atoms with E-state index in [0.29, 0.717) is 5.92 Å². The Kier molecular flexibility index (Phi) is 3.28. The molecule has 0 aliphatic carbocycles. The lowest BCUT2D eigenvalue weighted by atomic mass is 10.0. The van der Waals surface area contributed by atoms with Crippen LogP contribution in [0.3, 0.4) is 0 Å². The number of aliphatic imine (C=N–C) groups is 1. The predicted octanol–water partition coefficient (Wildman–Crippen LogP) is 3.26. The molecule has 2 rings (SSSR count). The van der Waals surface area contributed by atoms with Gasteiger partial charge < -0.3 is 4.57 Å². The first-order valence-corrected chi connectivity index (χ1v) is 6.00. The van der Waals surface area contributed by atoms with Gasteiger partial charge in [-0.3, -0.25) is 4.99 Å². The van der Waals surface area contributed by atoms with Gasteiger partial charge in [-0.25, -0.2) is 0 Å². The zero-order valence-electron chi connectivity index (χ0n) is 10.4. The lowest BCUT2D eigenvalue weighted by Gasteiger charge is -2.10. The first-order valence-electron chi connectivity index (χ1n) is 6.00. The zero-order chi connectivity index (χ0) is 11.5. The summed E-state index contributed by atoms with van der Waals surface area (Å²) in [6, 6.07) is 2.26. The number of hydrogen-bond acceptors (Lipinski definition) is 1. The van der Waals surface area contributed by atoms with E-state index in [1.165, 1.54) is 17.0 Å². The van der Waals surface area contributed by atoms with Gasteiger partial charge in [0.1, 0.15) is 0 Å². The van der Waals surface area contributed by atoms with E-state index in [1.807, 2.05) is 0 Å². The summed E-state index contributed by atoms with van der Waals surface area (Å²) in [5.41, 5.74) is 3.99. The molecular formula is C14H20N2. The van der Waals surface area contributed by atoms with Gasteiger partial charge in [-0.2, -0.15) is 0 Å². The van der Waals surface area contributed by atoms with Crippen LogP contribution in [0.25, 0.3) is 0 Å². The van der Waals surface area contributed by atoms with Crippen molar-refractivity contribution in [2.45, 2.75) is 33.1 Å². The lowest BCUT2D eigenvalue weighted by molar-refractivity contribution is 0.767. The standard InChI is InChI=1S/C14H20N2/c1-11-4-6-14(15-9-11)7-5-13-8-12(2)16(3)10-13/h6,8-11H,4-5,7H2,1-3H3. The summed E-state index contributed by atoms with van der Waals surface area (Å²) < 4.78 is 2.18. The first-order chi connectivity index (χ1) is 7.65.